The summed E-state index contributed by atoms with van der Waals surface area (Å²) in [5, 5.41) is 7.24. The van der Waals surface area contributed by atoms with Crippen molar-refractivity contribution in [1.82, 2.24) is 10.7 Å². The molecule has 0 aliphatic carbocycles. The maximum atomic E-state index is 11.5. The zero-order valence-electron chi connectivity index (χ0n) is 14.8. The molecule has 0 aromatic heterocycles. The maximum absolute atomic E-state index is 11.5. The third-order valence-electron chi connectivity index (χ3n) is 3.25. The molecule has 0 saturated heterocycles. The highest BCUT2D eigenvalue weighted by Gasteiger charge is 2.13. The lowest BCUT2D eigenvalue weighted by molar-refractivity contribution is -0.139. The van der Waals surface area contributed by atoms with Crippen LogP contribution in [0.15, 0.2) is 47.6 Å². The number of hydrogen-bond donors (Lipinski definition) is 2. The number of nitrogens with zero attached hydrogens (tertiary/aromatic N) is 1. The van der Waals surface area contributed by atoms with Crippen molar-refractivity contribution in [2.24, 2.45) is 5.10 Å². The Morgan fingerprint density at radius 2 is 1.93 bits per heavy atom. The zero-order chi connectivity index (χ0) is 19.8. The molecule has 27 heavy (non-hydrogen) atoms. The Kier molecular flexibility index (Phi) is 7.64. The molecule has 0 aliphatic rings. The molecule has 0 spiro atoms. The molecule has 8 heteroatoms. The Labute approximate surface area is 167 Å². The van der Waals surface area contributed by atoms with Gasteiger partial charge in [-0.3, -0.25) is 9.59 Å². The van der Waals surface area contributed by atoms with Crippen LogP contribution in [0.5, 0.6) is 5.75 Å². The van der Waals surface area contributed by atoms with Gasteiger partial charge in [0.2, 0.25) is 0 Å². The highest BCUT2D eigenvalue weighted by Crippen LogP contribution is 2.26. The van der Waals surface area contributed by atoms with Gasteiger partial charge in [0.1, 0.15) is 12.4 Å². The van der Waals surface area contributed by atoms with Crippen molar-refractivity contribution < 1.29 is 14.3 Å². The lowest BCUT2D eigenvalue weighted by Gasteiger charge is -2.09. The van der Waals surface area contributed by atoms with Gasteiger partial charge in [-0.25, -0.2) is 5.43 Å². The van der Waals surface area contributed by atoms with E-state index in [1.165, 1.54) is 6.21 Å². The van der Waals surface area contributed by atoms with Crippen molar-refractivity contribution >= 4 is 41.2 Å². The lowest BCUT2D eigenvalue weighted by atomic mass is 10.2. The molecule has 0 bridgehead atoms. The average molecular weight is 408 g/mol. The second kappa shape index (κ2) is 9.94. The molecular formula is C19H19Cl2N3O3. The largest absolute Gasteiger partial charge is 0.487 e. The Balaban J connectivity index is 1.92. The van der Waals surface area contributed by atoms with E-state index in [1.807, 2.05) is 18.2 Å². The highest BCUT2D eigenvalue weighted by molar-refractivity contribution is 6.35. The van der Waals surface area contributed by atoms with Gasteiger partial charge in [-0.15, -0.1) is 0 Å². The smallest absolute Gasteiger partial charge is 0.329 e. The second-order valence-electron chi connectivity index (χ2n) is 5.94. The fourth-order valence-corrected chi connectivity index (χ4v) is 2.50. The SMILES string of the molecule is CC(C)NC(=O)C(=O)N/N=C\c1ccc(OCc2cccc(Cl)c2)c(Cl)c1. The summed E-state index contributed by atoms with van der Waals surface area (Å²) >= 11 is 12.2. The number of hydrazone groups is 1. The average Bonchev–Trinajstić information content (AvgIpc) is 2.60. The fourth-order valence-electron chi connectivity index (χ4n) is 2.05. The van der Waals surface area contributed by atoms with Gasteiger partial charge in [0.25, 0.3) is 0 Å². The molecule has 0 atom stereocenters. The molecule has 0 aliphatic heterocycles. The predicted octanol–water partition coefficient (Wildman–Crippen LogP) is 3.55. The molecule has 6 nitrogen and oxygen atoms in total. The summed E-state index contributed by atoms with van der Waals surface area (Å²) in [7, 11) is 0. The highest BCUT2D eigenvalue weighted by atomic mass is 35.5. The first-order valence-electron chi connectivity index (χ1n) is 8.16. The van der Waals surface area contributed by atoms with Gasteiger partial charge < -0.3 is 10.1 Å². The normalized spacial score (nSPS) is 10.9. The van der Waals surface area contributed by atoms with Crippen molar-refractivity contribution in [2.45, 2.75) is 26.5 Å². The van der Waals surface area contributed by atoms with Gasteiger partial charge in [-0.2, -0.15) is 5.10 Å². The summed E-state index contributed by atoms with van der Waals surface area (Å²) in [6.07, 6.45) is 1.38. The number of hydrogen-bond acceptors (Lipinski definition) is 4. The first-order chi connectivity index (χ1) is 12.8. The number of rotatable bonds is 6. The van der Waals surface area contributed by atoms with Gasteiger partial charge in [-0.1, -0.05) is 35.3 Å². The summed E-state index contributed by atoms with van der Waals surface area (Å²) in [5.74, 6) is -1.08. The van der Waals surface area contributed by atoms with E-state index in [2.05, 4.69) is 15.8 Å². The van der Waals surface area contributed by atoms with E-state index in [1.54, 1.807) is 38.1 Å². The number of benzene rings is 2. The van der Waals surface area contributed by atoms with Crippen molar-refractivity contribution in [1.29, 1.82) is 0 Å². The van der Waals surface area contributed by atoms with Crippen LogP contribution in [0.2, 0.25) is 10.0 Å². The number of nitrogens with one attached hydrogen (secondary N) is 2. The fraction of sp³-hybridized carbons (Fsp3) is 0.211. The minimum atomic E-state index is -0.840. The van der Waals surface area contributed by atoms with E-state index in [-0.39, 0.29) is 6.04 Å². The first-order valence-corrected chi connectivity index (χ1v) is 8.91. The third-order valence-corrected chi connectivity index (χ3v) is 3.78. The molecule has 0 saturated carbocycles. The molecule has 2 N–H and O–H groups in total. The standard InChI is InChI=1S/C19H19Cl2N3O3/c1-12(2)23-18(25)19(26)24-22-10-13-6-7-17(16(21)9-13)27-11-14-4-3-5-15(20)8-14/h3-10,12H,11H2,1-2H3,(H,23,25)(H,24,26)/b22-10-. The Morgan fingerprint density at radius 1 is 1.15 bits per heavy atom. The Bertz CT molecular complexity index is 854. The molecule has 142 valence electrons. The molecule has 2 aromatic rings. The monoisotopic (exact) mass is 407 g/mol. The van der Waals surface area contributed by atoms with Gasteiger partial charge in [0.05, 0.1) is 11.2 Å². The van der Waals surface area contributed by atoms with Crippen molar-refractivity contribution in [3.63, 3.8) is 0 Å². The van der Waals surface area contributed by atoms with Crippen LogP contribution in [0.3, 0.4) is 0 Å². The van der Waals surface area contributed by atoms with E-state index in [4.69, 9.17) is 27.9 Å². The molecule has 0 unspecified atom stereocenters. The third kappa shape index (κ3) is 6.92. The minimum absolute atomic E-state index is 0.134. The Hall–Kier alpha value is -2.57. The van der Waals surface area contributed by atoms with Crippen LogP contribution >= 0.6 is 23.2 Å². The van der Waals surface area contributed by atoms with E-state index < -0.39 is 11.8 Å². The molecule has 2 amide bonds. The lowest BCUT2D eigenvalue weighted by Crippen LogP contribution is -2.41. The van der Waals surface area contributed by atoms with E-state index in [0.29, 0.717) is 28.0 Å². The van der Waals surface area contributed by atoms with Crippen LogP contribution in [0.4, 0.5) is 0 Å². The first kappa shape index (κ1) is 20.7. The van der Waals surface area contributed by atoms with E-state index in [9.17, 15) is 9.59 Å². The summed E-state index contributed by atoms with van der Waals surface area (Å²) in [6, 6.07) is 12.3. The second-order valence-corrected chi connectivity index (χ2v) is 6.78. The summed E-state index contributed by atoms with van der Waals surface area (Å²) in [6.45, 7) is 3.84. The van der Waals surface area contributed by atoms with E-state index >= 15 is 0 Å². The molecule has 2 aromatic carbocycles. The van der Waals surface area contributed by atoms with Gasteiger partial charge >= 0.3 is 11.8 Å². The number of amides is 2. The molecule has 2 rings (SSSR count). The van der Waals surface area contributed by atoms with Crippen LogP contribution < -0.4 is 15.5 Å². The molecule has 0 radical (unpaired) electrons. The molecule has 0 heterocycles. The number of carbonyl (C=O) groups is 2. The van der Waals surface area contributed by atoms with Crippen LogP contribution in [-0.2, 0) is 16.2 Å². The van der Waals surface area contributed by atoms with Gasteiger partial charge in [0, 0.05) is 11.1 Å². The van der Waals surface area contributed by atoms with Gasteiger partial charge in [-0.05, 0) is 55.3 Å². The number of ether oxygens (including phenoxy) is 1. The quantitative estimate of drug-likeness (QED) is 0.436. The minimum Gasteiger partial charge on any atom is -0.487 e. The van der Waals surface area contributed by atoms with Crippen LogP contribution in [0.1, 0.15) is 25.0 Å². The summed E-state index contributed by atoms with van der Waals surface area (Å²) in [5.41, 5.74) is 3.72. The number of halogens is 2. The Morgan fingerprint density at radius 3 is 2.59 bits per heavy atom. The van der Waals surface area contributed by atoms with Crippen LogP contribution in [0.25, 0.3) is 0 Å². The van der Waals surface area contributed by atoms with Crippen molar-refractivity contribution in [2.75, 3.05) is 0 Å². The topological polar surface area (TPSA) is 79.8 Å². The summed E-state index contributed by atoms with van der Waals surface area (Å²) < 4.78 is 5.69. The van der Waals surface area contributed by atoms with Crippen molar-refractivity contribution in [3.8, 4) is 5.75 Å². The van der Waals surface area contributed by atoms with Crippen LogP contribution in [0, 0.1) is 0 Å². The van der Waals surface area contributed by atoms with E-state index in [0.717, 1.165) is 5.56 Å². The predicted molar refractivity (Wildman–Crippen MR) is 106 cm³/mol. The molecule has 0 fully saturated rings. The van der Waals surface area contributed by atoms with Gasteiger partial charge in [0.15, 0.2) is 0 Å². The maximum Gasteiger partial charge on any atom is 0.329 e. The van der Waals surface area contributed by atoms with Crippen LogP contribution in [-0.4, -0.2) is 24.1 Å². The zero-order valence-corrected chi connectivity index (χ0v) is 16.3. The molecular weight excluding hydrogens is 389 g/mol. The number of carbonyl (C=O) groups excluding carboxylic acids is 2. The summed E-state index contributed by atoms with van der Waals surface area (Å²) in [4.78, 5) is 23.0. The van der Waals surface area contributed by atoms with Crippen molar-refractivity contribution in [3.05, 3.63) is 63.6 Å².